The minimum Gasteiger partial charge on any atom is -0.464 e. The standard InChI is InChI=1S/C13H20N2O2S/c1-15(8-10-6-4-3-5-7-10)13-14-11(9-18-13)12(16)17-2/h9-10H,3-8H2,1-2H3. The van der Waals surface area contributed by atoms with Crippen LogP contribution >= 0.6 is 11.3 Å². The fourth-order valence-electron chi connectivity index (χ4n) is 2.47. The van der Waals surface area contributed by atoms with Crippen molar-refractivity contribution in [3.05, 3.63) is 11.1 Å². The molecule has 0 bridgehead atoms. The van der Waals surface area contributed by atoms with Crippen molar-refractivity contribution in [2.75, 3.05) is 25.6 Å². The Morgan fingerprint density at radius 3 is 2.89 bits per heavy atom. The van der Waals surface area contributed by atoms with Gasteiger partial charge in [-0.25, -0.2) is 9.78 Å². The molecule has 0 aliphatic heterocycles. The molecule has 1 saturated carbocycles. The molecule has 0 saturated heterocycles. The van der Waals surface area contributed by atoms with Crippen molar-refractivity contribution in [1.29, 1.82) is 0 Å². The zero-order valence-electron chi connectivity index (χ0n) is 11.0. The SMILES string of the molecule is COC(=O)c1csc(N(C)CC2CCCCC2)n1. The lowest BCUT2D eigenvalue weighted by molar-refractivity contribution is 0.0595. The number of carbonyl (C=O) groups excluding carboxylic acids is 1. The van der Waals surface area contributed by atoms with Crippen molar-refractivity contribution < 1.29 is 9.53 Å². The van der Waals surface area contributed by atoms with Gasteiger partial charge >= 0.3 is 5.97 Å². The summed E-state index contributed by atoms with van der Waals surface area (Å²) < 4.78 is 4.67. The van der Waals surface area contributed by atoms with E-state index in [1.54, 1.807) is 5.38 Å². The Morgan fingerprint density at radius 1 is 1.50 bits per heavy atom. The predicted molar refractivity (Wildman–Crippen MR) is 73.3 cm³/mol. The van der Waals surface area contributed by atoms with E-state index in [1.807, 2.05) is 0 Å². The number of hydrogen-bond donors (Lipinski definition) is 0. The molecule has 1 aliphatic rings. The van der Waals surface area contributed by atoms with Crippen LogP contribution in [0.5, 0.6) is 0 Å². The van der Waals surface area contributed by atoms with Gasteiger partial charge in [0.15, 0.2) is 10.8 Å². The van der Waals surface area contributed by atoms with Crippen LogP contribution in [-0.4, -0.2) is 31.7 Å². The van der Waals surface area contributed by atoms with Crippen LogP contribution in [0.2, 0.25) is 0 Å². The molecule has 0 atom stereocenters. The largest absolute Gasteiger partial charge is 0.464 e. The fourth-order valence-corrected chi connectivity index (χ4v) is 3.24. The minimum absolute atomic E-state index is 0.358. The highest BCUT2D eigenvalue weighted by Crippen LogP contribution is 2.27. The molecular formula is C13H20N2O2S. The monoisotopic (exact) mass is 268 g/mol. The summed E-state index contributed by atoms with van der Waals surface area (Å²) in [6, 6.07) is 0. The van der Waals surface area contributed by atoms with Gasteiger partial charge in [-0.1, -0.05) is 19.3 Å². The Bertz CT molecular complexity index is 399. The van der Waals surface area contributed by atoms with Crippen LogP contribution in [0.1, 0.15) is 42.6 Å². The summed E-state index contributed by atoms with van der Waals surface area (Å²) in [6.45, 7) is 1.04. The Morgan fingerprint density at radius 2 is 2.22 bits per heavy atom. The van der Waals surface area contributed by atoms with Crippen molar-refractivity contribution in [3.8, 4) is 0 Å². The van der Waals surface area contributed by atoms with E-state index in [9.17, 15) is 4.79 Å². The summed E-state index contributed by atoms with van der Waals surface area (Å²) in [4.78, 5) is 17.8. The molecule has 0 N–H and O–H groups in total. The summed E-state index contributed by atoms with van der Waals surface area (Å²) >= 11 is 1.50. The third kappa shape index (κ3) is 3.22. The number of carbonyl (C=O) groups is 1. The summed E-state index contributed by atoms with van der Waals surface area (Å²) in [5.74, 6) is 0.415. The lowest BCUT2D eigenvalue weighted by Gasteiger charge is -2.26. The maximum atomic E-state index is 11.3. The van der Waals surface area contributed by atoms with E-state index >= 15 is 0 Å². The Kier molecular flexibility index (Phi) is 4.58. The molecule has 0 radical (unpaired) electrons. The van der Waals surface area contributed by atoms with E-state index in [0.29, 0.717) is 5.69 Å². The zero-order chi connectivity index (χ0) is 13.0. The van der Waals surface area contributed by atoms with Crippen molar-refractivity contribution >= 4 is 22.4 Å². The van der Waals surface area contributed by atoms with Crippen molar-refractivity contribution in [2.45, 2.75) is 32.1 Å². The van der Waals surface area contributed by atoms with E-state index < -0.39 is 0 Å². The van der Waals surface area contributed by atoms with E-state index in [-0.39, 0.29) is 5.97 Å². The second-order valence-corrected chi connectivity index (χ2v) is 5.73. The second kappa shape index (κ2) is 6.18. The zero-order valence-corrected chi connectivity index (χ0v) is 11.8. The van der Waals surface area contributed by atoms with Gasteiger partial charge in [0.2, 0.25) is 0 Å². The van der Waals surface area contributed by atoms with Crippen molar-refractivity contribution in [1.82, 2.24) is 4.98 Å². The number of nitrogens with zero attached hydrogens (tertiary/aromatic N) is 2. The quantitative estimate of drug-likeness (QED) is 0.787. The normalized spacial score (nSPS) is 16.6. The third-order valence-corrected chi connectivity index (χ3v) is 4.42. The summed E-state index contributed by atoms with van der Waals surface area (Å²) in [7, 11) is 3.43. The molecule has 100 valence electrons. The van der Waals surface area contributed by atoms with Crippen LogP contribution in [0, 0.1) is 5.92 Å². The molecule has 0 amide bonds. The molecule has 2 rings (SSSR count). The maximum Gasteiger partial charge on any atom is 0.357 e. The van der Waals surface area contributed by atoms with Crippen molar-refractivity contribution in [3.63, 3.8) is 0 Å². The lowest BCUT2D eigenvalue weighted by Crippen LogP contribution is -2.26. The molecule has 1 aromatic heterocycles. The van der Waals surface area contributed by atoms with Gasteiger partial charge in [-0.2, -0.15) is 0 Å². The first-order valence-corrected chi connectivity index (χ1v) is 7.33. The molecule has 18 heavy (non-hydrogen) atoms. The first-order valence-electron chi connectivity index (χ1n) is 6.45. The summed E-state index contributed by atoms with van der Waals surface area (Å²) in [5.41, 5.74) is 0.410. The molecule has 0 unspecified atom stereocenters. The Labute approximate surface area is 112 Å². The fraction of sp³-hybridized carbons (Fsp3) is 0.692. The van der Waals surface area contributed by atoms with Gasteiger partial charge in [0, 0.05) is 19.0 Å². The predicted octanol–water partition coefficient (Wildman–Crippen LogP) is 2.95. The molecule has 1 aliphatic carbocycles. The van der Waals surface area contributed by atoms with E-state index in [0.717, 1.165) is 17.6 Å². The van der Waals surface area contributed by atoms with Gasteiger partial charge in [0.25, 0.3) is 0 Å². The number of esters is 1. The van der Waals surface area contributed by atoms with Gasteiger partial charge in [0.05, 0.1) is 7.11 Å². The molecule has 0 spiro atoms. The lowest BCUT2D eigenvalue weighted by atomic mass is 9.89. The first-order chi connectivity index (χ1) is 8.70. The first kappa shape index (κ1) is 13.3. The highest BCUT2D eigenvalue weighted by molar-refractivity contribution is 7.13. The number of aromatic nitrogens is 1. The van der Waals surface area contributed by atoms with E-state index in [1.165, 1.54) is 50.6 Å². The molecule has 1 fully saturated rings. The van der Waals surface area contributed by atoms with E-state index in [2.05, 4.69) is 21.7 Å². The molecule has 5 heteroatoms. The maximum absolute atomic E-state index is 11.3. The number of ether oxygens (including phenoxy) is 1. The van der Waals surface area contributed by atoms with Crippen LogP contribution in [0.4, 0.5) is 5.13 Å². The number of thiazole rings is 1. The highest BCUT2D eigenvalue weighted by atomic mass is 32.1. The minimum atomic E-state index is -0.358. The average molecular weight is 268 g/mol. The van der Waals surface area contributed by atoms with Gasteiger partial charge in [-0.15, -0.1) is 11.3 Å². The summed E-state index contributed by atoms with van der Waals surface area (Å²) in [6.07, 6.45) is 6.72. The van der Waals surface area contributed by atoms with Gasteiger partial charge < -0.3 is 9.64 Å². The smallest absolute Gasteiger partial charge is 0.357 e. The van der Waals surface area contributed by atoms with Crippen LogP contribution in [0.25, 0.3) is 0 Å². The third-order valence-electron chi connectivity index (χ3n) is 3.47. The molecular weight excluding hydrogens is 248 g/mol. The Hall–Kier alpha value is -1.10. The number of anilines is 1. The number of rotatable bonds is 4. The highest BCUT2D eigenvalue weighted by Gasteiger charge is 2.18. The molecule has 4 nitrogen and oxygen atoms in total. The number of methoxy groups -OCH3 is 1. The summed E-state index contributed by atoms with van der Waals surface area (Å²) in [5, 5.41) is 2.67. The average Bonchev–Trinajstić information content (AvgIpc) is 2.88. The molecule has 0 aromatic carbocycles. The van der Waals surface area contributed by atoms with Gasteiger partial charge in [0.1, 0.15) is 0 Å². The van der Waals surface area contributed by atoms with Crippen LogP contribution < -0.4 is 4.90 Å². The van der Waals surface area contributed by atoms with Gasteiger partial charge in [-0.05, 0) is 18.8 Å². The second-order valence-electron chi connectivity index (χ2n) is 4.89. The number of hydrogen-bond acceptors (Lipinski definition) is 5. The van der Waals surface area contributed by atoms with E-state index in [4.69, 9.17) is 0 Å². The van der Waals surface area contributed by atoms with Crippen LogP contribution in [-0.2, 0) is 4.74 Å². The van der Waals surface area contributed by atoms with Crippen molar-refractivity contribution in [2.24, 2.45) is 5.92 Å². The van der Waals surface area contributed by atoms with Gasteiger partial charge in [-0.3, -0.25) is 0 Å². The molecule has 1 aromatic rings. The van der Waals surface area contributed by atoms with Crippen LogP contribution in [0.15, 0.2) is 5.38 Å². The van der Waals surface area contributed by atoms with Crippen LogP contribution in [0.3, 0.4) is 0 Å². The molecule has 1 heterocycles. The topological polar surface area (TPSA) is 42.4 Å². The Balaban J connectivity index is 1.93.